The van der Waals surface area contributed by atoms with Gasteiger partial charge in [0.1, 0.15) is 0 Å². The number of methoxy groups -OCH3 is 1. The Morgan fingerprint density at radius 2 is 1.57 bits per heavy atom. The van der Waals surface area contributed by atoms with Crippen LogP contribution in [0, 0.1) is 0 Å². The summed E-state index contributed by atoms with van der Waals surface area (Å²) in [5, 5.41) is 0. The first kappa shape index (κ1) is 13.9. The van der Waals surface area contributed by atoms with Crippen molar-refractivity contribution in [1.82, 2.24) is 0 Å². The highest BCUT2D eigenvalue weighted by atomic mass is 16.5. The third-order valence-corrected chi connectivity index (χ3v) is 2.15. The fraction of sp³-hybridized carbons (Fsp3) is 1.00. The van der Waals surface area contributed by atoms with Gasteiger partial charge in [0.2, 0.25) is 0 Å². The van der Waals surface area contributed by atoms with Gasteiger partial charge in [0.15, 0.2) is 0 Å². The maximum absolute atomic E-state index is 5.86. The van der Waals surface area contributed by atoms with Gasteiger partial charge in [-0.3, -0.25) is 0 Å². The molecule has 0 amide bonds. The molecule has 0 aliphatic rings. The van der Waals surface area contributed by atoms with Crippen LogP contribution in [0.15, 0.2) is 0 Å². The molecule has 0 radical (unpaired) electrons. The predicted octanol–water partition coefficient (Wildman–Crippen LogP) is 1.95. The molecule has 0 atom stereocenters. The van der Waals surface area contributed by atoms with Crippen LogP contribution in [-0.2, 0) is 9.47 Å². The normalized spacial score (nSPS) is 13.3. The Balaban J connectivity index is 3.65. The fourth-order valence-electron chi connectivity index (χ4n) is 1.01. The zero-order valence-electron chi connectivity index (χ0n) is 10.2. The van der Waals surface area contributed by atoms with Gasteiger partial charge in [-0.1, -0.05) is 0 Å². The molecular weight excluding hydrogens is 178 g/mol. The zero-order valence-corrected chi connectivity index (χ0v) is 10.2. The molecule has 0 saturated heterocycles. The van der Waals surface area contributed by atoms with Gasteiger partial charge in [-0.2, -0.15) is 0 Å². The first-order valence-corrected chi connectivity index (χ1v) is 5.19. The summed E-state index contributed by atoms with van der Waals surface area (Å²) in [6, 6.07) is 0. The van der Waals surface area contributed by atoms with Gasteiger partial charge in [0.25, 0.3) is 0 Å². The summed E-state index contributed by atoms with van der Waals surface area (Å²) in [5.74, 6) is 0. The molecule has 0 bridgehead atoms. The van der Waals surface area contributed by atoms with Crippen LogP contribution in [0.25, 0.3) is 0 Å². The van der Waals surface area contributed by atoms with Crippen LogP contribution in [0.2, 0.25) is 0 Å². The summed E-state index contributed by atoms with van der Waals surface area (Å²) in [6.45, 7) is 9.63. The lowest BCUT2D eigenvalue weighted by Crippen LogP contribution is -2.35. The number of nitrogens with two attached hydrogens (primary N) is 1. The lowest BCUT2D eigenvalue weighted by Gasteiger charge is -2.27. The van der Waals surface area contributed by atoms with Gasteiger partial charge in [-0.05, 0) is 40.5 Å². The van der Waals surface area contributed by atoms with E-state index in [-0.39, 0.29) is 11.1 Å². The summed E-state index contributed by atoms with van der Waals surface area (Å²) >= 11 is 0. The Hall–Kier alpha value is -0.120. The molecule has 0 aliphatic carbocycles. The van der Waals surface area contributed by atoms with Crippen LogP contribution >= 0.6 is 0 Å². The molecule has 14 heavy (non-hydrogen) atoms. The van der Waals surface area contributed by atoms with E-state index in [4.69, 9.17) is 15.2 Å². The Bertz CT molecular complexity index is 150. The number of hydrogen-bond acceptors (Lipinski definition) is 3. The molecule has 0 aromatic carbocycles. The summed E-state index contributed by atoms with van der Waals surface area (Å²) in [7, 11) is 1.71. The lowest BCUT2D eigenvalue weighted by atomic mass is 10.0. The zero-order chi connectivity index (χ0) is 11.2. The van der Waals surface area contributed by atoms with E-state index in [2.05, 4.69) is 13.8 Å². The summed E-state index contributed by atoms with van der Waals surface area (Å²) in [5.41, 5.74) is 5.61. The van der Waals surface area contributed by atoms with Gasteiger partial charge in [-0.15, -0.1) is 0 Å². The van der Waals surface area contributed by atoms with Crippen molar-refractivity contribution >= 4 is 0 Å². The van der Waals surface area contributed by atoms with Crippen LogP contribution < -0.4 is 5.73 Å². The molecule has 0 aromatic heterocycles. The highest BCUT2D eigenvalue weighted by Gasteiger charge is 2.19. The van der Waals surface area contributed by atoms with Crippen molar-refractivity contribution in [3.63, 3.8) is 0 Å². The van der Waals surface area contributed by atoms with Crippen molar-refractivity contribution < 1.29 is 9.47 Å². The Morgan fingerprint density at radius 1 is 1.00 bits per heavy atom. The SMILES string of the molecule is COCCC(C)(C)OCCC(C)(C)N. The van der Waals surface area contributed by atoms with Crippen molar-refractivity contribution in [2.45, 2.75) is 51.7 Å². The largest absolute Gasteiger partial charge is 0.385 e. The number of ether oxygens (including phenoxy) is 2. The fourth-order valence-corrected chi connectivity index (χ4v) is 1.01. The number of rotatable bonds is 7. The smallest absolute Gasteiger partial charge is 0.0648 e. The molecule has 0 spiro atoms. The lowest BCUT2D eigenvalue weighted by molar-refractivity contribution is -0.0413. The first-order valence-electron chi connectivity index (χ1n) is 5.19. The average Bonchev–Trinajstić information content (AvgIpc) is 1.98. The minimum Gasteiger partial charge on any atom is -0.385 e. The average molecular weight is 203 g/mol. The van der Waals surface area contributed by atoms with Crippen molar-refractivity contribution in [3.8, 4) is 0 Å². The Kier molecular flexibility index (Phi) is 5.64. The molecule has 0 unspecified atom stereocenters. The van der Waals surface area contributed by atoms with E-state index >= 15 is 0 Å². The summed E-state index contributed by atoms with van der Waals surface area (Å²) < 4.78 is 10.8. The molecule has 3 nitrogen and oxygen atoms in total. The maximum Gasteiger partial charge on any atom is 0.0648 e. The summed E-state index contributed by atoms with van der Waals surface area (Å²) in [4.78, 5) is 0. The molecule has 3 heteroatoms. The monoisotopic (exact) mass is 203 g/mol. The minimum absolute atomic E-state index is 0.110. The van der Waals surface area contributed by atoms with Crippen LogP contribution in [0.1, 0.15) is 40.5 Å². The van der Waals surface area contributed by atoms with E-state index in [1.807, 2.05) is 13.8 Å². The first-order chi connectivity index (χ1) is 6.27. The van der Waals surface area contributed by atoms with E-state index in [0.717, 1.165) is 19.4 Å². The van der Waals surface area contributed by atoms with E-state index in [0.29, 0.717) is 6.61 Å². The van der Waals surface area contributed by atoms with Gasteiger partial charge in [-0.25, -0.2) is 0 Å². The van der Waals surface area contributed by atoms with Gasteiger partial charge in [0, 0.05) is 25.9 Å². The third kappa shape index (κ3) is 8.48. The molecule has 0 fully saturated rings. The van der Waals surface area contributed by atoms with Crippen molar-refractivity contribution in [2.24, 2.45) is 5.73 Å². The van der Waals surface area contributed by atoms with E-state index in [1.165, 1.54) is 0 Å². The second-order valence-electron chi connectivity index (χ2n) is 5.09. The third-order valence-electron chi connectivity index (χ3n) is 2.15. The second-order valence-corrected chi connectivity index (χ2v) is 5.09. The molecule has 0 saturated carbocycles. The van der Waals surface area contributed by atoms with Crippen LogP contribution in [-0.4, -0.2) is 31.5 Å². The van der Waals surface area contributed by atoms with Gasteiger partial charge in [0.05, 0.1) is 5.60 Å². The summed E-state index contributed by atoms with van der Waals surface area (Å²) in [6.07, 6.45) is 1.79. The topological polar surface area (TPSA) is 44.5 Å². The van der Waals surface area contributed by atoms with E-state index < -0.39 is 0 Å². The number of hydrogen-bond donors (Lipinski definition) is 1. The van der Waals surface area contributed by atoms with Crippen molar-refractivity contribution in [3.05, 3.63) is 0 Å². The molecular formula is C11H25NO2. The van der Waals surface area contributed by atoms with E-state index in [1.54, 1.807) is 7.11 Å². The van der Waals surface area contributed by atoms with Crippen LogP contribution in [0.4, 0.5) is 0 Å². The van der Waals surface area contributed by atoms with E-state index in [9.17, 15) is 0 Å². The molecule has 0 heterocycles. The molecule has 0 aromatic rings. The van der Waals surface area contributed by atoms with Gasteiger partial charge >= 0.3 is 0 Å². The highest BCUT2D eigenvalue weighted by Crippen LogP contribution is 2.16. The van der Waals surface area contributed by atoms with Crippen molar-refractivity contribution in [2.75, 3.05) is 20.3 Å². The molecule has 0 rings (SSSR count). The minimum atomic E-state index is -0.142. The molecule has 86 valence electrons. The second kappa shape index (κ2) is 5.69. The van der Waals surface area contributed by atoms with Gasteiger partial charge < -0.3 is 15.2 Å². The Labute approximate surface area is 88.0 Å². The Morgan fingerprint density at radius 3 is 2.00 bits per heavy atom. The maximum atomic E-state index is 5.86. The van der Waals surface area contributed by atoms with Crippen LogP contribution in [0.5, 0.6) is 0 Å². The quantitative estimate of drug-likeness (QED) is 0.688. The molecule has 0 aliphatic heterocycles. The molecule has 2 N–H and O–H groups in total. The standard InChI is InChI=1S/C11H25NO2/c1-10(2,12)6-9-14-11(3,4)7-8-13-5/h6-9,12H2,1-5H3. The van der Waals surface area contributed by atoms with Crippen LogP contribution in [0.3, 0.4) is 0 Å². The predicted molar refractivity (Wildman–Crippen MR) is 59.4 cm³/mol. The van der Waals surface area contributed by atoms with Crippen molar-refractivity contribution in [1.29, 1.82) is 0 Å². The highest BCUT2D eigenvalue weighted by molar-refractivity contribution is 4.73.